The van der Waals surface area contributed by atoms with E-state index in [0.29, 0.717) is 0 Å². The largest absolute Gasteiger partial charge is 0.261 e. The maximum Gasteiger partial charge on any atom is 0.261 e. The first-order chi connectivity index (χ1) is 9.50. The maximum absolute atomic E-state index is 6.85. The second kappa shape index (κ2) is 7.61. The Morgan fingerprint density at radius 3 is 1.90 bits per heavy atom. The molecule has 0 aliphatic rings. The van der Waals surface area contributed by atoms with Gasteiger partial charge in [-0.2, -0.15) is 0 Å². The highest BCUT2D eigenvalue weighted by Gasteiger charge is 2.43. The Morgan fingerprint density at radius 2 is 1.40 bits per heavy atom. The minimum absolute atomic E-state index is 0.215. The van der Waals surface area contributed by atoms with Crippen molar-refractivity contribution in [2.45, 2.75) is 11.2 Å². The molecule has 2 aromatic rings. The van der Waals surface area contributed by atoms with E-state index in [1.807, 2.05) is 36.4 Å². The predicted octanol–water partition coefficient (Wildman–Crippen LogP) is 5.56. The van der Waals surface area contributed by atoms with Crippen LogP contribution in [0.4, 0.5) is 0 Å². The number of hydrogen-bond acceptors (Lipinski definition) is 0. The van der Waals surface area contributed by atoms with Crippen LogP contribution in [0.25, 0.3) is 0 Å². The lowest BCUT2D eigenvalue weighted by Gasteiger charge is -2.29. The summed E-state index contributed by atoms with van der Waals surface area (Å²) in [6.45, 7) is -2.47. The van der Waals surface area contributed by atoms with Gasteiger partial charge in [-0.15, -0.1) is 52.7 Å². The Hall–Kier alpha value is 0.414. The standard InChI is InChI=1S/C14H14Br2Cl2Si2/c15-19(16)14(13-9-5-2-6-10-13)20(17,18)11-12-7-3-1-4-8-12/h1-10,14,19H,11H2. The summed E-state index contributed by atoms with van der Waals surface area (Å²) in [5, 5.41) is 0.215. The molecule has 0 spiro atoms. The molecule has 0 radical (unpaired) electrons. The summed E-state index contributed by atoms with van der Waals surface area (Å²) in [4.78, 5) is 0. The molecule has 2 rings (SSSR count). The molecule has 20 heavy (non-hydrogen) atoms. The van der Waals surface area contributed by atoms with Gasteiger partial charge in [0.25, 0.3) is 6.69 Å². The van der Waals surface area contributed by atoms with E-state index in [1.54, 1.807) is 0 Å². The molecule has 0 fully saturated rings. The van der Waals surface area contributed by atoms with Gasteiger partial charge in [-0.05, 0) is 17.2 Å². The normalized spacial score (nSPS) is 13.4. The molecule has 2 aromatic carbocycles. The first-order valence-corrected chi connectivity index (χ1v) is 17.6. The molecule has 0 aliphatic heterocycles. The molecule has 0 nitrogen and oxygen atoms in total. The first-order valence-electron chi connectivity index (χ1n) is 6.25. The van der Waals surface area contributed by atoms with E-state index < -0.39 is 12.7 Å². The zero-order valence-electron chi connectivity index (χ0n) is 10.6. The van der Waals surface area contributed by atoms with Gasteiger partial charge in [0.15, 0.2) is 6.04 Å². The fourth-order valence-corrected chi connectivity index (χ4v) is 25.6. The lowest BCUT2D eigenvalue weighted by atomic mass is 10.2. The van der Waals surface area contributed by atoms with Crippen molar-refractivity contribution in [1.29, 1.82) is 0 Å². The van der Waals surface area contributed by atoms with E-state index in [9.17, 15) is 0 Å². The number of hydrogen-bond donors (Lipinski definition) is 0. The van der Waals surface area contributed by atoms with Crippen molar-refractivity contribution in [2.75, 3.05) is 0 Å². The fraction of sp³-hybridized carbons (Fsp3) is 0.143. The maximum atomic E-state index is 6.85. The average molecular weight is 469 g/mol. The highest BCUT2D eigenvalue weighted by atomic mass is 79.9. The highest BCUT2D eigenvalue weighted by Crippen LogP contribution is 2.41. The predicted molar refractivity (Wildman–Crippen MR) is 102 cm³/mol. The Bertz CT molecular complexity index is 535. The van der Waals surface area contributed by atoms with Gasteiger partial charge in [0.05, 0.1) is 0 Å². The molecular weight excluding hydrogens is 455 g/mol. The van der Waals surface area contributed by atoms with E-state index in [-0.39, 0.29) is 5.16 Å². The summed E-state index contributed by atoms with van der Waals surface area (Å²) < 4.78 is 0. The van der Waals surface area contributed by atoms with Gasteiger partial charge in [0, 0.05) is 5.16 Å². The van der Waals surface area contributed by atoms with Gasteiger partial charge in [0.1, 0.15) is 0 Å². The first kappa shape index (κ1) is 16.8. The summed E-state index contributed by atoms with van der Waals surface area (Å²) in [7, 11) is 0. The molecule has 106 valence electrons. The van der Waals surface area contributed by atoms with Gasteiger partial charge in [0.2, 0.25) is 0 Å². The van der Waals surface area contributed by atoms with E-state index in [0.717, 1.165) is 6.04 Å². The number of benzene rings is 2. The molecule has 0 bridgehead atoms. The van der Waals surface area contributed by atoms with Crippen LogP contribution in [0.3, 0.4) is 0 Å². The zero-order valence-corrected chi connectivity index (χ0v) is 17.5. The van der Waals surface area contributed by atoms with Gasteiger partial charge >= 0.3 is 0 Å². The zero-order chi connectivity index (χ0) is 14.6. The van der Waals surface area contributed by atoms with Crippen LogP contribution in [0.5, 0.6) is 0 Å². The van der Waals surface area contributed by atoms with Crippen LogP contribution in [0.15, 0.2) is 60.7 Å². The SMILES string of the molecule is Cl[Si](Cl)(Cc1ccccc1)C(c1ccccc1)[SiH](Br)Br. The lowest BCUT2D eigenvalue weighted by molar-refractivity contribution is 1.24. The molecule has 0 saturated carbocycles. The van der Waals surface area contributed by atoms with Crippen LogP contribution in [-0.4, -0.2) is 12.7 Å². The molecular formula is C14H14Br2Cl2Si2. The average Bonchev–Trinajstić information content (AvgIpc) is 2.39. The van der Waals surface area contributed by atoms with Crippen LogP contribution < -0.4 is 0 Å². The molecule has 6 heteroatoms. The van der Waals surface area contributed by atoms with E-state index in [4.69, 9.17) is 22.2 Å². The van der Waals surface area contributed by atoms with Crippen molar-refractivity contribution in [3.63, 3.8) is 0 Å². The molecule has 0 aromatic heterocycles. The second-order valence-electron chi connectivity index (χ2n) is 4.65. The summed E-state index contributed by atoms with van der Waals surface area (Å²) in [5.41, 5.74) is 2.44. The third-order valence-corrected chi connectivity index (χ3v) is 18.4. The highest BCUT2D eigenvalue weighted by molar-refractivity contribution is 9.49. The van der Waals surface area contributed by atoms with Crippen molar-refractivity contribution in [3.05, 3.63) is 71.8 Å². The number of rotatable bonds is 5. The Morgan fingerprint density at radius 1 is 0.900 bits per heavy atom. The third kappa shape index (κ3) is 4.45. The van der Waals surface area contributed by atoms with Crippen molar-refractivity contribution in [2.24, 2.45) is 0 Å². The Labute approximate surface area is 147 Å². The Kier molecular flexibility index (Phi) is 6.38. The number of halogens is 4. The molecule has 0 saturated heterocycles. The van der Waals surface area contributed by atoms with E-state index in [2.05, 4.69) is 54.9 Å². The second-order valence-corrected chi connectivity index (χ2v) is 23.4. The fourth-order valence-electron chi connectivity index (χ4n) is 2.21. The van der Waals surface area contributed by atoms with E-state index >= 15 is 0 Å². The minimum atomic E-state index is -2.47. The summed E-state index contributed by atoms with van der Waals surface area (Å²) in [6, 6.07) is 20.0. The van der Waals surface area contributed by atoms with Crippen LogP contribution in [0, 0.1) is 0 Å². The summed E-state index contributed by atoms with van der Waals surface area (Å²) in [5.74, 6) is 0. The molecule has 0 aliphatic carbocycles. The lowest BCUT2D eigenvalue weighted by Crippen LogP contribution is -2.38. The van der Waals surface area contributed by atoms with Crippen LogP contribution in [-0.2, 0) is 6.04 Å². The van der Waals surface area contributed by atoms with Gasteiger partial charge in [-0.1, -0.05) is 60.7 Å². The smallest absolute Gasteiger partial charge is 0.145 e. The quantitative estimate of drug-likeness (QED) is 0.398. The van der Waals surface area contributed by atoms with Gasteiger partial charge < -0.3 is 0 Å². The van der Waals surface area contributed by atoms with Crippen LogP contribution >= 0.6 is 52.7 Å². The van der Waals surface area contributed by atoms with Crippen LogP contribution in [0.2, 0.25) is 0 Å². The molecule has 0 amide bonds. The van der Waals surface area contributed by atoms with Crippen molar-refractivity contribution in [1.82, 2.24) is 0 Å². The van der Waals surface area contributed by atoms with Crippen molar-refractivity contribution >= 4 is 65.5 Å². The van der Waals surface area contributed by atoms with Crippen molar-refractivity contribution < 1.29 is 0 Å². The Balaban J connectivity index is 2.28. The molecule has 0 heterocycles. The monoisotopic (exact) mass is 466 g/mol. The molecule has 0 N–H and O–H groups in total. The van der Waals surface area contributed by atoms with Crippen LogP contribution in [0.1, 0.15) is 16.3 Å². The van der Waals surface area contributed by atoms with Gasteiger partial charge in [-0.25, -0.2) is 0 Å². The third-order valence-electron chi connectivity index (χ3n) is 3.15. The topological polar surface area (TPSA) is 0 Å². The summed E-state index contributed by atoms with van der Waals surface area (Å²) >= 11 is 21.2. The van der Waals surface area contributed by atoms with Gasteiger partial charge in [-0.3, -0.25) is 0 Å². The molecule has 1 unspecified atom stereocenters. The van der Waals surface area contributed by atoms with E-state index in [1.165, 1.54) is 11.1 Å². The van der Waals surface area contributed by atoms with Crippen molar-refractivity contribution in [3.8, 4) is 0 Å². The minimum Gasteiger partial charge on any atom is -0.145 e. The molecule has 1 atom stereocenters. The summed E-state index contributed by atoms with van der Waals surface area (Å²) in [6.07, 6.45) is 0.